The van der Waals surface area contributed by atoms with Crippen molar-refractivity contribution >= 4 is 28.8 Å². The number of para-hydroxylation sites is 1. The van der Waals surface area contributed by atoms with Crippen molar-refractivity contribution in [1.29, 1.82) is 0 Å². The van der Waals surface area contributed by atoms with Gasteiger partial charge in [0.1, 0.15) is 6.17 Å². The topological polar surface area (TPSA) is 52.7 Å². The number of benzene rings is 1. The van der Waals surface area contributed by atoms with E-state index in [1.54, 1.807) is 36.4 Å². The van der Waals surface area contributed by atoms with Crippen LogP contribution >= 0.6 is 11.3 Å². The van der Waals surface area contributed by atoms with Crippen LogP contribution in [0.3, 0.4) is 0 Å². The van der Waals surface area contributed by atoms with Gasteiger partial charge in [-0.1, -0.05) is 18.2 Å². The molecule has 22 heavy (non-hydrogen) atoms. The van der Waals surface area contributed by atoms with E-state index in [9.17, 15) is 9.59 Å². The molecule has 1 unspecified atom stereocenters. The second kappa shape index (κ2) is 5.81. The number of hydrogen-bond acceptors (Lipinski definition) is 4. The Morgan fingerprint density at radius 3 is 2.73 bits per heavy atom. The second-order valence-electron chi connectivity index (χ2n) is 5.12. The molecule has 1 N–H and O–H groups in total. The van der Waals surface area contributed by atoms with E-state index in [4.69, 9.17) is 0 Å². The standard InChI is InChI=1S/C16H17N3O2S/c1-17-14(20)10-19-12-7-4-3-6-11(12)16(21)18(2)15(19)13-8-5-9-22-13/h3-9,15H,10H2,1-2H3,(H,17,20). The highest BCUT2D eigenvalue weighted by molar-refractivity contribution is 7.10. The van der Waals surface area contributed by atoms with Crippen LogP contribution in [0.25, 0.3) is 0 Å². The van der Waals surface area contributed by atoms with Crippen molar-refractivity contribution in [2.24, 2.45) is 0 Å². The van der Waals surface area contributed by atoms with Crippen LogP contribution in [0.4, 0.5) is 5.69 Å². The number of nitrogens with one attached hydrogen (secondary N) is 1. The number of nitrogens with zero attached hydrogens (tertiary/aromatic N) is 2. The second-order valence-corrected chi connectivity index (χ2v) is 6.10. The highest BCUT2D eigenvalue weighted by atomic mass is 32.1. The quantitative estimate of drug-likeness (QED) is 0.943. The lowest BCUT2D eigenvalue weighted by Gasteiger charge is -2.43. The predicted octanol–water partition coefficient (Wildman–Crippen LogP) is 2.08. The molecule has 0 saturated heterocycles. The molecule has 6 heteroatoms. The lowest BCUT2D eigenvalue weighted by Crippen LogP contribution is -2.50. The Morgan fingerprint density at radius 1 is 1.27 bits per heavy atom. The average Bonchev–Trinajstić information content (AvgIpc) is 3.06. The number of thiophene rings is 1. The third-order valence-corrected chi connectivity index (χ3v) is 4.73. The van der Waals surface area contributed by atoms with Gasteiger partial charge in [0, 0.05) is 19.0 Å². The maximum atomic E-state index is 12.6. The van der Waals surface area contributed by atoms with Crippen molar-refractivity contribution in [2.45, 2.75) is 6.17 Å². The van der Waals surface area contributed by atoms with Gasteiger partial charge in [0.15, 0.2) is 0 Å². The third-order valence-electron chi connectivity index (χ3n) is 3.82. The van der Waals surface area contributed by atoms with Crippen LogP contribution in [0.15, 0.2) is 41.8 Å². The van der Waals surface area contributed by atoms with Crippen LogP contribution < -0.4 is 10.2 Å². The van der Waals surface area contributed by atoms with Gasteiger partial charge in [-0.15, -0.1) is 11.3 Å². The first kappa shape index (κ1) is 14.6. The molecule has 3 rings (SSSR count). The zero-order chi connectivity index (χ0) is 15.7. The van der Waals surface area contributed by atoms with Crippen LogP contribution in [-0.4, -0.2) is 37.4 Å². The molecule has 0 saturated carbocycles. The summed E-state index contributed by atoms with van der Waals surface area (Å²) in [6, 6.07) is 11.4. The van der Waals surface area contributed by atoms with Gasteiger partial charge >= 0.3 is 0 Å². The first-order valence-corrected chi connectivity index (χ1v) is 7.88. The van der Waals surface area contributed by atoms with Crippen molar-refractivity contribution in [3.63, 3.8) is 0 Å². The normalized spacial score (nSPS) is 17.4. The number of fused-ring (bicyclic) bond motifs is 1. The van der Waals surface area contributed by atoms with E-state index < -0.39 is 0 Å². The Labute approximate surface area is 133 Å². The molecule has 5 nitrogen and oxygen atoms in total. The molecule has 1 aromatic heterocycles. The van der Waals surface area contributed by atoms with Crippen molar-refractivity contribution in [3.05, 3.63) is 52.2 Å². The van der Waals surface area contributed by atoms with Crippen molar-refractivity contribution in [1.82, 2.24) is 10.2 Å². The number of carbonyl (C=O) groups excluding carboxylic acids is 2. The smallest absolute Gasteiger partial charge is 0.257 e. The van der Waals surface area contributed by atoms with Gasteiger partial charge < -0.3 is 15.1 Å². The van der Waals surface area contributed by atoms with Crippen LogP contribution in [0.5, 0.6) is 0 Å². The number of amides is 2. The number of anilines is 1. The van der Waals surface area contributed by atoms with Crippen molar-refractivity contribution in [2.75, 3.05) is 25.5 Å². The Hall–Kier alpha value is -2.34. The summed E-state index contributed by atoms with van der Waals surface area (Å²) in [7, 11) is 3.40. The van der Waals surface area contributed by atoms with E-state index in [-0.39, 0.29) is 24.5 Å². The molecule has 0 radical (unpaired) electrons. The maximum absolute atomic E-state index is 12.6. The molecule has 0 bridgehead atoms. The third kappa shape index (κ3) is 2.35. The van der Waals surface area contributed by atoms with Crippen molar-refractivity contribution < 1.29 is 9.59 Å². The van der Waals surface area contributed by atoms with Gasteiger partial charge in [0.2, 0.25) is 5.91 Å². The summed E-state index contributed by atoms with van der Waals surface area (Å²) in [6.07, 6.45) is -0.264. The summed E-state index contributed by atoms with van der Waals surface area (Å²) in [6.45, 7) is 0.202. The lowest BCUT2D eigenvalue weighted by atomic mass is 10.0. The molecule has 0 aliphatic carbocycles. The highest BCUT2D eigenvalue weighted by Gasteiger charge is 2.37. The van der Waals surface area contributed by atoms with E-state index in [1.807, 2.05) is 40.6 Å². The fourth-order valence-electron chi connectivity index (χ4n) is 2.73. The molecule has 1 aliphatic rings. The highest BCUT2D eigenvalue weighted by Crippen LogP contribution is 2.38. The number of likely N-dealkylation sites (N-methyl/N-ethyl adjacent to an activating group) is 1. The minimum absolute atomic E-state index is 0.0258. The van der Waals surface area contributed by atoms with E-state index in [1.165, 1.54) is 0 Å². The summed E-state index contributed by atoms with van der Waals surface area (Å²) in [5.74, 6) is -0.110. The maximum Gasteiger partial charge on any atom is 0.257 e. The summed E-state index contributed by atoms with van der Waals surface area (Å²) < 4.78 is 0. The summed E-state index contributed by atoms with van der Waals surface area (Å²) >= 11 is 1.58. The molecule has 1 aromatic carbocycles. The Balaban J connectivity index is 2.11. The monoisotopic (exact) mass is 315 g/mol. The molecule has 0 fully saturated rings. The Kier molecular flexibility index (Phi) is 3.85. The summed E-state index contributed by atoms with van der Waals surface area (Å²) in [5.41, 5.74) is 1.43. The van der Waals surface area contributed by atoms with Gasteiger partial charge in [-0.3, -0.25) is 9.59 Å². The fourth-order valence-corrected chi connectivity index (χ4v) is 3.61. The van der Waals surface area contributed by atoms with Gasteiger partial charge in [0.25, 0.3) is 5.91 Å². The zero-order valence-corrected chi connectivity index (χ0v) is 13.3. The fraction of sp³-hybridized carbons (Fsp3) is 0.250. The van der Waals surface area contributed by atoms with E-state index in [0.717, 1.165) is 10.6 Å². The van der Waals surface area contributed by atoms with E-state index in [0.29, 0.717) is 5.56 Å². The number of hydrogen-bond donors (Lipinski definition) is 1. The van der Waals surface area contributed by atoms with Gasteiger partial charge in [-0.25, -0.2) is 0 Å². The van der Waals surface area contributed by atoms with Gasteiger partial charge in [0.05, 0.1) is 17.8 Å². The minimum atomic E-state index is -0.264. The molecule has 1 atom stereocenters. The minimum Gasteiger partial charge on any atom is -0.358 e. The Morgan fingerprint density at radius 2 is 2.05 bits per heavy atom. The van der Waals surface area contributed by atoms with E-state index >= 15 is 0 Å². The zero-order valence-electron chi connectivity index (χ0n) is 12.4. The molecular formula is C16H17N3O2S. The van der Waals surface area contributed by atoms with Crippen LogP contribution in [0.2, 0.25) is 0 Å². The summed E-state index contributed by atoms with van der Waals surface area (Å²) in [5, 5.41) is 4.63. The molecular weight excluding hydrogens is 298 g/mol. The van der Waals surface area contributed by atoms with Crippen LogP contribution in [0.1, 0.15) is 21.4 Å². The van der Waals surface area contributed by atoms with Crippen LogP contribution in [-0.2, 0) is 4.79 Å². The molecule has 2 aromatic rings. The first-order chi connectivity index (χ1) is 10.6. The molecule has 2 heterocycles. The largest absolute Gasteiger partial charge is 0.358 e. The molecule has 1 aliphatic heterocycles. The number of rotatable bonds is 3. The van der Waals surface area contributed by atoms with Gasteiger partial charge in [-0.2, -0.15) is 0 Å². The van der Waals surface area contributed by atoms with Crippen molar-refractivity contribution in [3.8, 4) is 0 Å². The molecule has 0 spiro atoms. The average molecular weight is 315 g/mol. The van der Waals surface area contributed by atoms with Crippen LogP contribution in [0, 0.1) is 0 Å². The molecule has 114 valence electrons. The Bertz CT molecular complexity index is 699. The lowest BCUT2D eigenvalue weighted by molar-refractivity contribution is -0.119. The predicted molar refractivity (Wildman–Crippen MR) is 87.0 cm³/mol. The molecule has 2 amide bonds. The van der Waals surface area contributed by atoms with E-state index in [2.05, 4.69) is 5.32 Å². The first-order valence-electron chi connectivity index (χ1n) is 7.00. The van der Waals surface area contributed by atoms with Gasteiger partial charge in [-0.05, 0) is 23.6 Å². The summed E-state index contributed by atoms with van der Waals surface area (Å²) in [4.78, 5) is 29.3. The number of carbonyl (C=O) groups is 2. The SMILES string of the molecule is CNC(=O)CN1c2ccccc2C(=O)N(C)C1c1cccs1.